The van der Waals surface area contributed by atoms with Gasteiger partial charge in [-0.05, 0) is 41.5 Å². The first kappa shape index (κ1) is 22.7. The zero-order valence-corrected chi connectivity index (χ0v) is 19.5. The topological polar surface area (TPSA) is 39.1 Å². The molecule has 0 amide bonds. The molecule has 0 bridgehead atoms. The summed E-state index contributed by atoms with van der Waals surface area (Å²) in [5.41, 5.74) is 3.73. The molecule has 3 aromatic carbocycles. The van der Waals surface area contributed by atoms with Crippen LogP contribution < -0.4 is 5.32 Å². The molecule has 0 saturated heterocycles. The summed E-state index contributed by atoms with van der Waals surface area (Å²) >= 11 is 16.1. The van der Waals surface area contributed by atoms with E-state index >= 15 is 0 Å². The molecule has 1 atom stereocenters. The number of benzene rings is 3. The standard InChI is InChI=1S/C24H22BrCl2N3/c25-12-13-30(16-18-4-2-1-3-5-18)17-24(20-7-9-21(26)10-8-20)29-23-11-6-19(15-28)14-22(23)27/h1-11,14,24,29H,12-13,16-17H2/t24-/m0/s1. The number of hydrogen-bond donors (Lipinski definition) is 1. The number of nitrogens with one attached hydrogen (secondary N) is 1. The number of halogens is 3. The number of anilines is 1. The van der Waals surface area contributed by atoms with E-state index in [4.69, 9.17) is 28.5 Å². The Labute approximate surface area is 196 Å². The molecule has 1 N–H and O–H groups in total. The fourth-order valence-electron chi connectivity index (χ4n) is 3.27. The molecule has 154 valence electrons. The molecule has 3 aromatic rings. The van der Waals surface area contributed by atoms with Crippen molar-refractivity contribution in [2.24, 2.45) is 0 Å². The van der Waals surface area contributed by atoms with Crippen molar-refractivity contribution < 1.29 is 0 Å². The number of nitriles is 1. The highest BCUT2D eigenvalue weighted by molar-refractivity contribution is 9.09. The first-order chi connectivity index (χ1) is 14.6. The molecule has 0 fully saturated rings. The zero-order valence-electron chi connectivity index (χ0n) is 16.4. The lowest BCUT2D eigenvalue weighted by molar-refractivity contribution is 0.271. The van der Waals surface area contributed by atoms with Gasteiger partial charge in [-0.1, -0.05) is 81.6 Å². The highest BCUT2D eigenvalue weighted by Gasteiger charge is 2.18. The maximum absolute atomic E-state index is 9.10. The molecule has 0 unspecified atom stereocenters. The molecule has 3 nitrogen and oxygen atoms in total. The van der Waals surface area contributed by atoms with Crippen molar-refractivity contribution >= 4 is 44.8 Å². The average molecular weight is 503 g/mol. The Morgan fingerprint density at radius 1 is 1.00 bits per heavy atom. The van der Waals surface area contributed by atoms with Gasteiger partial charge in [0.2, 0.25) is 0 Å². The van der Waals surface area contributed by atoms with Gasteiger partial charge in [0, 0.05) is 30.0 Å². The number of rotatable bonds is 9. The number of nitrogens with zero attached hydrogens (tertiary/aromatic N) is 2. The SMILES string of the molecule is N#Cc1ccc(N[C@@H](CN(CCBr)Cc2ccccc2)c2ccc(Cl)cc2)c(Cl)c1. The third-order valence-corrected chi connectivity index (χ3v) is 5.71. The van der Waals surface area contributed by atoms with Crippen LogP contribution in [0.3, 0.4) is 0 Å². The first-order valence-corrected chi connectivity index (χ1v) is 11.5. The summed E-state index contributed by atoms with van der Waals surface area (Å²) in [6.45, 7) is 2.53. The van der Waals surface area contributed by atoms with Crippen LogP contribution in [0.4, 0.5) is 5.69 Å². The van der Waals surface area contributed by atoms with Crippen molar-refractivity contribution in [1.29, 1.82) is 5.26 Å². The predicted octanol–water partition coefficient (Wildman–Crippen LogP) is 6.92. The molecular weight excluding hydrogens is 481 g/mol. The van der Waals surface area contributed by atoms with Gasteiger partial charge < -0.3 is 5.32 Å². The molecule has 0 aliphatic rings. The molecule has 0 aliphatic carbocycles. The van der Waals surface area contributed by atoms with Crippen molar-refractivity contribution in [3.63, 3.8) is 0 Å². The van der Waals surface area contributed by atoms with Crippen LogP contribution in [-0.2, 0) is 6.54 Å². The van der Waals surface area contributed by atoms with Gasteiger partial charge in [0.1, 0.15) is 0 Å². The highest BCUT2D eigenvalue weighted by atomic mass is 79.9. The van der Waals surface area contributed by atoms with E-state index in [0.717, 1.165) is 36.2 Å². The Hall–Kier alpha value is -2.03. The zero-order chi connectivity index (χ0) is 21.3. The van der Waals surface area contributed by atoms with Crippen molar-refractivity contribution in [1.82, 2.24) is 4.90 Å². The van der Waals surface area contributed by atoms with Gasteiger partial charge in [-0.25, -0.2) is 0 Å². The van der Waals surface area contributed by atoms with Crippen LogP contribution in [-0.4, -0.2) is 23.3 Å². The summed E-state index contributed by atoms with van der Waals surface area (Å²) in [5.74, 6) is 0. The van der Waals surface area contributed by atoms with E-state index in [1.165, 1.54) is 5.56 Å². The van der Waals surface area contributed by atoms with Crippen molar-refractivity contribution in [2.45, 2.75) is 12.6 Å². The molecule has 3 rings (SSSR count). The summed E-state index contributed by atoms with van der Waals surface area (Å²) in [6, 6.07) is 25.7. The van der Waals surface area contributed by atoms with Gasteiger partial charge >= 0.3 is 0 Å². The fourth-order valence-corrected chi connectivity index (χ4v) is 4.14. The molecule has 30 heavy (non-hydrogen) atoms. The van der Waals surface area contributed by atoms with Crippen LogP contribution in [0, 0.1) is 11.3 Å². The summed E-state index contributed by atoms with van der Waals surface area (Å²) in [4.78, 5) is 2.40. The van der Waals surface area contributed by atoms with Crippen LogP contribution in [0.1, 0.15) is 22.7 Å². The minimum absolute atomic E-state index is 0.00420. The second kappa shape index (κ2) is 11.4. The predicted molar refractivity (Wildman–Crippen MR) is 129 cm³/mol. The van der Waals surface area contributed by atoms with Gasteiger partial charge in [-0.2, -0.15) is 5.26 Å². The minimum atomic E-state index is -0.00420. The normalized spacial score (nSPS) is 11.8. The third-order valence-electron chi connectivity index (χ3n) is 4.79. The summed E-state index contributed by atoms with van der Waals surface area (Å²) in [6.07, 6.45) is 0. The van der Waals surface area contributed by atoms with E-state index in [0.29, 0.717) is 15.6 Å². The minimum Gasteiger partial charge on any atom is -0.376 e. The molecule has 0 aliphatic heterocycles. The van der Waals surface area contributed by atoms with Crippen LogP contribution in [0.2, 0.25) is 10.0 Å². The van der Waals surface area contributed by atoms with Gasteiger partial charge in [-0.15, -0.1) is 0 Å². The lowest BCUT2D eigenvalue weighted by atomic mass is 10.0. The number of hydrogen-bond acceptors (Lipinski definition) is 3. The third kappa shape index (κ3) is 6.48. The molecule has 0 spiro atoms. The van der Waals surface area contributed by atoms with E-state index < -0.39 is 0 Å². The van der Waals surface area contributed by atoms with E-state index in [9.17, 15) is 0 Å². The Morgan fingerprint density at radius 2 is 1.73 bits per heavy atom. The lowest BCUT2D eigenvalue weighted by Gasteiger charge is -2.29. The maximum Gasteiger partial charge on any atom is 0.0992 e. The fraction of sp³-hybridized carbons (Fsp3) is 0.208. The molecule has 0 aromatic heterocycles. The Kier molecular flexibility index (Phi) is 8.60. The molecule has 0 radical (unpaired) electrons. The molecule has 6 heteroatoms. The summed E-state index contributed by atoms with van der Waals surface area (Å²) in [7, 11) is 0. The van der Waals surface area contributed by atoms with Crippen molar-refractivity contribution in [3.8, 4) is 6.07 Å². The average Bonchev–Trinajstić information content (AvgIpc) is 2.76. The van der Waals surface area contributed by atoms with Crippen LogP contribution in [0.15, 0.2) is 72.8 Å². The van der Waals surface area contributed by atoms with E-state index in [1.807, 2.05) is 36.4 Å². The Bertz CT molecular complexity index is 988. The highest BCUT2D eigenvalue weighted by Crippen LogP contribution is 2.29. The van der Waals surface area contributed by atoms with Gasteiger partial charge in [0.05, 0.1) is 28.4 Å². The second-order valence-electron chi connectivity index (χ2n) is 6.96. The second-order valence-corrected chi connectivity index (χ2v) is 8.60. The summed E-state index contributed by atoms with van der Waals surface area (Å²) in [5, 5.41) is 14.8. The number of alkyl halides is 1. The van der Waals surface area contributed by atoms with Crippen LogP contribution in [0.25, 0.3) is 0 Å². The van der Waals surface area contributed by atoms with Crippen LogP contribution >= 0.6 is 39.1 Å². The molecule has 0 heterocycles. The van der Waals surface area contributed by atoms with Gasteiger partial charge in [0.15, 0.2) is 0 Å². The Morgan fingerprint density at radius 3 is 2.37 bits per heavy atom. The van der Waals surface area contributed by atoms with Crippen LogP contribution in [0.5, 0.6) is 0 Å². The lowest BCUT2D eigenvalue weighted by Crippen LogP contribution is -2.33. The first-order valence-electron chi connectivity index (χ1n) is 9.63. The molecule has 0 saturated carbocycles. The monoisotopic (exact) mass is 501 g/mol. The van der Waals surface area contributed by atoms with Gasteiger partial charge in [-0.3, -0.25) is 4.90 Å². The van der Waals surface area contributed by atoms with Gasteiger partial charge in [0.25, 0.3) is 0 Å². The maximum atomic E-state index is 9.10. The Balaban J connectivity index is 1.86. The smallest absolute Gasteiger partial charge is 0.0992 e. The van der Waals surface area contributed by atoms with Crippen molar-refractivity contribution in [3.05, 3.63) is 99.5 Å². The molecular formula is C24H22BrCl2N3. The van der Waals surface area contributed by atoms with E-state index in [1.54, 1.807) is 12.1 Å². The summed E-state index contributed by atoms with van der Waals surface area (Å²) < 4.78 is 0. The van der Waals surface area contributed by atoms with E-state index in [2.05, 4.69) is 56.5 Å². The van der Waals surface area contributed by atoms with E-state index in [-0.39, 0.29) is 6.04 Å². The van der Waals surface area contributed by atoms with Crippen molar-refractivity contribution in [2.75, 3.05) is 23.7 Å². The largest absolute Gasteiger partial charge is 0.376 e. The quantitative estimate of drug-likeness (QED) is 0.323.